The van der Waals surface area contributed by atoms with Gasteiger partial charge in [-0.05, 0) is 6.92 Å². The first-order valence-electron chi connectivity index (χ1n) is 5.74. The maximum Gasteiger partial charge on any atom is 0.218 e. The van der Waals surface area contributed by atoms with E-state index in [0.717, 1.165) is 11.5 Å². The van der Waals surface area contributed by atoms with Gasteiger partial charge in [-0.25, -0.2) is 12.7 Å². The van der Waals surface area contributed by atoms with Crippen LogP contribution in [0.1, 0.15) is 20.8 Å². The molecule has 0 aromatic rings. The first-order valence-corrected chi connectivity index (χ1v) is 8.40. The van der Waals surface area contributed by atoms with E-state index >= 15 is 0 Å². The van der Waals surface area contributed by atoms with Crippen molar-refractivity contribution >= 4 is 21.8 Å². The monoisotopic (exact) mass is 266 g/mol. The van der Waals surface area contributed by atoms with Gasteiger partial charge in [0.05, 0.1) is 5.25 Å². The number of thioether (sulfide) groups is 1. The van der Waals surface area contributed by atoms with E-state index in [1.54, 1.807) is 11.2 Å². The minimum Gasteiger partial charge on any atom is -0.313 e. The second-order valence-electron chi connectivity index (χ2n) is 4.43. The van der Waals surface area contributed by atoms with Crippen LogP contribution in [0.4, 0.5) is 0 Å². The van der Waals surface area contributed by atoms with Gasteiger partial charge in [0, 0.05) is 37.2 Å². The summed E-state index contributed by atoms with van der Waals surface area (Å²) >= 11 is 1.82. The fourth-order valence-corrected chi connectivity index (χ4v) is 4.20. The van der Waals surface area contributed by atoms with Gasteiger partial charge in [0.1, 0.15) is 0 Å². The van der Waals surface area contributed by atoms with Crippen molar-refractivity contribution in [2.45, 2.75) is 32.1 Å². The van der Waals surface area contributed by atoms with Gasteiger partial charge in [0.25, 0.3) is 0 Å². The Morgan fingerprint density at radius 2 is 1.81 bits per heavy atom. The highest BCUT2D eigenvalue weighted by molar-refractivity contribution is 7.99. The van der Waals surface area contributed by atoms with Gasteiger partial charge in [-0.2, -0.15) is 11.8 Å². The number of hydrogen-bond donors (Lipinski definition) is 1. The number of sulfonamides is 1. The molecule has 0 aliphatic carbocycles. The van der Waals surface area contributed by atoms with Crippen LogP contribution < -0.4 is 5.32 Å². The van der Waals surface area contributed by atoms with Crippen molar-refractivity contribution in [1.29, 1.82) is 0 Å². The van der Waals surface area contributed by atoms with E-state index < -0.39 is 10.0 Å². The molecule has 0 spiro atoms. The SMILES string of the molecule is CC(C)NCC(C)S(=O)(=O)N1CCSCC1. The van der Waals surface area contributed by atoms with Crippen molar-refractivity contribution in [3.05, 3.63) is 0 Å². The number of hydrogen-bond acceptors (Lipinski definition) is 4. The van der Waals surface area contributed by atoms with Crippen molar-refractivity contribution in [2.24, 2.45) is 0 Å². The Morgan fingerprint density at radius 3 is 2.31 bits per heavy atom. The molecule has 0 amide bonds. The molecule has 1 N–H and O–H groups in total. The molecule has 0 bridgehead atoms. The molecule has 0 radical (unpaired) electrons. The maximum absolute atomic E-state index is 12.2. The molecule has 6 heteroatoms. The van der Waals surface area contributed by atoms with E-state index in [0.29, 0.717) is 25.7 Å². The van der Waals surface area contributed by atoms with Gasteiger partial charge in [-0.3, -0.25) is 0 Å². The Balaban J connectivity index is 2.54. The third-order valence-corrected chi connectivity index (χ3v) is 5.86. The lowest BCUT2D eigenvalue weighted by molar-refractivity contribution is 0.430. The number of rotatable bonds is 5. The molecule has 1 saturated heterocycles. The summed E-state index contributed by atoms with van der Waals surface area (Å²) in [6.07, 6.45) is 0. The van der Waals surface area contributed by atoms with Crippen LogP contribution in [0.25, 0.3) is 0 Å². The predicted molar refractivity (Wildman–Crippen MR) is 70.4 cm³/mol. The summed E-state index contributed by atoms with van der Waals surface area (Å²) in [7, 11) is -3.10. The van der Waals surface area contributed by atoms with Crippen LogP contribution in [0.15, 0.2) is 0 Å². The van der Waals surface area contributed by atoms with Gasteiger partial charge in [-0.15, -0.1) is 0 Å². The molecular weight excluding hydrogens is 244 g/mol. The minimum absolute atomic E-state index is 0.328. The lowest BCUT2D eigenvalue weighted by atomic mass is 10.3. The number of nitrogens with zero attached hydrogens (tertiary/aromatic N) is 1. The lowest BCUT2D eigenvalue weighted by Crippen LogP contribution is -2.46. The summed E-state index contributed by atoms with van der Waals surface area (Å²) in [5.41, 5.74) is 0. The first kappa shape index (κ1) is 14.3. The molecule has 1 rings (SSSR count). The molecule has 1 fully saturated rings. The third-order valence-electron chi connectivity index (χ3n) is 2.65. The molecule has 4 nitrogen and oxygen atoms in total. The van der Waals surface area contributed by atoms with Crippen molar-refractivity contribution in [1.82, 2.24) is 9.62 Å². The molecule has 0 saturated carbocycles. The largest absolute Gasteiger partial charge is 0.313 e. The Kier molecular flexibility index (Phi) is 5.56. The molecule has 1 aliphatic rings. The van der Waals surface area contributed by atoms with Crippen LogP contribution in [0.2, 0.25) is 0 Å². The average molecular weight is 266 g/mol. The van der Waals surface area contributed by atoms with E-state index in [9.17, 15) is 8.42 Å². The third kappa shape index (κ3) is 3.91. The molecule has 0 aromatic heterocycles. The van der Waals surface area contributed by atoms with Gasteiger partial charge < -0.3 is 5.32 Å². The van der Waals surface area contributed by atoms with E-state index in [4.69, 9.17) is 0 Å². The molecule has 1 aliphatic heterocycles. The highest BCUT2D eigenvalue weighted by atomic mass is 32.2. The van der Waals surface area contributed by atoms with Crippen LogP contribution in [-0.4, -0.2) is 55.2 Å². The summed E-state index contributed by atoms with van der Waals surface area (Å²) < 4.78 is 26.0. The Labute approximate surface area is 103 Å². The van der Waals surface area contributed by atoms with Crippen LogP contribution in [-0.2, 0) is 10.0 Å². The second kappa shape index (κ2) is 6.23. The highest BCUT2D eigenvalue weighted by Gasteiger charge is 2.29. The van der Waals surface area contributed by atoms with Gasteiger partial charge >= 0.3 is 0 Å². The summed E-state index contributed by atoms with van der Waals surface area (Å²) in [6.45, 7) is 7.70. The predicted octanol–water partition coefficient (Wildman–Crippen LogP) is 0.752. The van der Waals surface area contributed by atoms with Gasteiger partial charge in [0.15, 0.2) is 0 Å². The van der Waals surface area contributed by atoms with E-state index in [1.807, 2.05) is 25.6 Å². The average Bonchev–Trinajstić information content (AvgIpc) is 2.27. The second-order valence-corrected chi connectivity index (χ2v) is 8.01. The quantitative estimate of drug-likeness (QED) is 0.798. The Bertz CT molecular complexity index is 298. The lowest BCUT2D eigenvalue weighted by Gasteiger charge is -2.29. The Morgan fingerprint density at radius 1 is 1.25 bits per heavy atom. The van der Waals surface area contributed by atoms with E-state index in [2.05, 4.69) is 5.32 Å². The first-order chi connectivity index (χ1) is 7.44. The van der Waals surface area contributed by atoms with Crippen LogP contribution in [0.3, 0.4) is 0 Å². The van der Waals surface area contributed by atoms with Crippen LogP contribution in [0.5, 0.6) is 0 Å². The smallest absolute Gasteiger partial charge is 0.218 e. The zero-order valence-corrected chi connectivity index (χ0v) is 11.9. The van der Waals surface area contributed by atoms with Crippen LogP contribution >= 0.6 is 11.8 Å². The number of nitrogens with one attached hydrogen (secondary N) is 1. The van der Waals surface area contributed by atoms with Crippen molar-refractivity contribution in [3.63, 3.8) is 0 Å². The minimum atomic E-state index is -3.10. The molecule has 96 valence electrons. The topological polar surface area (TPSA) is 49.4 Å². The summed E-state index contributed by atoms with van der Waals surface area (Å²) in [5, 5.41) is 2.84. The standard InChI is InChI=1S/C10H22N2O2S2/c1-9(2)11-8-10(3)16(13,14)12-4-6-15-7-5-12/h9-11H,4-8H2,1-3H3. The highest BCUT2D eigenvalue weighted by Crippen LogP contribution is 2.16. The van der Waals surface area contributed by atoms with Crippen molar-refractivity contribution < 1.29 is 8.42 Å². The van der Waals surface area contributed by atoms with Gasteiger partial charge in [0.2, 0.25) is 10.0 Å². The molecular formula is C10H22N2O2S2. The molecule has 0 aromatic carbocycles. The molecule has 16 heavy (non-hydrogen) atoms. The maximum atomic E-state index is 12.2. The zero-order valence-electron chi connectivity index (χ0n) is 10.3. The fourth-order valence-electron chi connectivity index (χ4n) is 1.56. The summed E-state index contributed by atoms with van der Waals surface area (Å²) in [5.74, 6) is 1.84. The Hall–Kier alpha value is 0.220. The van der Waals surface area contributed by atoms with E-state index in [-0.39, 0.29) is 5.25 Å². The van der Waals surface area contributed by atoms with Crippen LogP contribution in [0, 0.1) is 0 Å². The zero-order chi connectivity index (χ0) is 12.2. The fraction of sp³-hybridized carbons (Fsp3) is 1.00. The molecule has 1 heterocycles. The summed E-state index contributed by atoms with van der Waals surface area (Å²) in [4.78, 5) is 0. The molecule has 1 atom stereocenters. The summed E-state index contributed by atoms with van der Waals surface area (Å²) in [6, 6.07) is 0.328. The van der Waals surface area contributed by atoms with Crippen molar-refractivity contribution in [2.75, 3.05) is 31.1 Å². The van der Waals surface area contributed by atoms with Gasteiger partial charge in [-0.1, -0.05) is 13.8 Å². The van der Waals surface area contributed by atoms with Crippen molar-refractivity contribution in [3.8, 4) is 0 Å². The molecule has 1 unspecified atom stereocenters. The normalized spacial score (nSPS) is 21.2. The van der Waals surface area contributed by atoms with E-state index in [1.165, 1.54) is 0 Å².